The summed E-state index contributed by atoms with van der Waals surface area (Å²) in [5.41, 5.74) is 0. The topological polar surface area (TPSA) is 55.9 Å². The molecule has 1 heterocycles. The zero-order chi connectivity index (χ0) is 18.3. The molecule has 1 saturated heterocycles. The lowest BCUT2D eigenvalue weighted by Crippen LogP contribution is -2.55. The summed E-state index contributed by atoms with van der Waals surface area (Å²) in [4.78, 5) is 29.5. The highest BCUT2D eigenvalue weighted by atomic mass is 19.4. The Morgan fingerprint density at radius 3 is 2.12 bits per heavy atom. The van der Waals surface area contributed by atoms with E-state index in [4.69, 9.17) is 0 Å². The van der Waals surface area contributed by atoms with Gasteiger partial charge in [0.1, 0.15) is 6.54 Å². The van der Waals surface area contributed by atoms with Crippen molar-refractivity contribution in [3.63, 3.8) is 0 Å². The Hall–Kier alpha value is -1.35. The summed E-state index contributed by atoms with van der Waals surface area (Å²) in [6.07, 6.45) is -4.40. The van der Waals surface area contributed by atoms with Crippen LogP contribution in [0.3, 0.4) is 0 Å². The number of carbonyl (C=O) groups excluding carboxylic acids is 2. The van der Waals surface area contributed by atoms with Gasteiger partial charge in [0.2, 0.25) is 11.8 Å². The predicted octanol–water partition coefficient (Wildman–Crippen LogP) is 0.539. The molecule has 0 aromatic carbocycles. The fraction of sp³-hybridized carbons (Fsp3) is 0.867. The van der Waals surface area contributed by atoms with Crippen molar-refractivity contribution in [3.8, 4) is 0 Å². The molecule has 1 rings (SSSR count). The highest BCUT2D eigenvalue weighted by molar-refractivity contribution is 5.81. The third kappa shape index (κ3) is 6.64. The Labute approximate surface area is 140 Å². The molecule has 1 aliphatic heterocycles. The first-order valence-corrected chi connectivity index (χ1v) is 8.26. The smallest absolute Gasteiger partial charge is 0.346 e. The molecule has 0 spiro atoms. The standard InChI is InChI=1S/C15H27F3N4O2/c1-4-21(5-2)13(23)10-20-6-8-22(9-7-20)12(3)14(24)19-11-15(16,17)18/h12H,4-11H2,1-3H3,(H,19,24). The average molecular weight is 352 g/mol. The van der Waals surface area contributed by atoms with Crippen LogP contribution in [-0.4, -0.2) is 91.1 Å². The van der Waals surface area contributed by atoms with Crippen molar-refractivity contribution in [1.82, 2.24) is 20.0 Å². The number of hydrogen-bond acceptors (Lipinski definition) is 4. The number of amides is 2. The van der Waals surface area contributed by atoms with E-state index in [1.807, 2.05) is 29.0 Å². The van der Waals surface area contributed by atoms with Crippen LogP contribution in [-0.2, 0) is 9.59 Å². The van der Waals surface area contributed by atoms with Gasteiger partial charge >= 0.3 is 6.18 Å². The average Bonchev–Trinajstić information content (AvgIpc) is 2.53. The van der Waals surface area contributed by atoms with E-state index < -0.39 is 24.7 Å². The number of alkyl halides is 3. The minimum absolute atomic E-state index is 0.0735. The zero-order valence-electron chi connectivity index (χ0n) is 14.5. The fourth-order valence-electron chi connectivity index (χ4n) is 2.68. The molecule has 1 aliphatic rings. The van der Waals surface area contributed by atoms with E-state index in [2.05, 4.69) is 0 Å². The van der Waals surface area contributed by atoms with Crippen LogP contribution in [0.25, 0.3) is 0 Å². The Morgan fingerprint density at radius 1 is 1.12 bits per heavy atom. The van der Waals surface area contributed by atoms with Crippen LogP contribution in [0.5, 0.6) is 0 Å². The van der Waals surface area contributed by atoms with Crippen molar-refractivity contribution in [2.24, 2.45) is 0 Å². The van der Waals surface area contributed by atoms with Gasteiger partial charge < -0.3 is 10.2 Å². The van der Waals surface area contributed by atoms with Gasteiger partial charge in [0, 0.05) is 39.3 Å². The van der Waals surface area contributed by atoms with E-state index >= 15 is 0 Å². The highest BCUT2D eigenvalue weighted by Gasteiger charge is 2.31. The third-order valence-corrected chi connectivity index (χ3v) is 4.27. The molecule has 1 N–H and O–H groups in total. The van der Waals surface area contributed by atoms with Crippen molar-refractivity contribution in [2.75, 3.05) is 52.4 Å². The fourth-order valence-corrected chi connectivity index (χ4v) is 2.68. The van der Waals surface area contributed by atoms with Gasteiger partial charge in [0.15, 0.2) is 0 Å². The number of piperazine rings is 1. The minimum Gasteiger partial charge on any atom is -0.346 e. The zero-order valence-corrected chi connectivity index (χ0v) is 14.5. The van der Waals surface area contributed by atoms with Gasteiger partial charge in [0.25, 0.3) is 0 Å². The molecule has 1 atom stereocenters. The van der Waals surface area contributed by atoms with E-state index in [1.165, 1.54) is 0 Å². The number of likely N-dealkylation sites (N-methyl/N-ethyl adjacent to an activating group) is 1. The second-order valence-electron chi connectivity index (χ2n) is 5.89. The van der Waals surface area contributed by atoms with Crippen LogP contribution in [0.1, 0.15) is 20.8 Å². The summed E-state index contributed by atoms with van der Waals surface area (Å²) in [6.45, 7) is 8.16. The number of nitrogens with zero attached hydrogens (tertiary/aromatic N) is 3. The Kier molecular flexibility index (Phi) is 7.95. The molecule has 1 unspecified atom stereocenters. The van der Waals surface area contributed by atoms with Crippen LogP contribution in [0.15, 0.2) is 0 Å². The van der Waals surface area contributed by atoms with Crippen molar-refractivity contribution < 1.29 is 22.8 Å². The van der Waals surface area contributed by atoms with Gasteiger partial charge in [-0.05, 0) is 20.8 Å². The van der Waals surface area contributed by atoms with Crippen molar-refractivity contribution >= 4 is 11.8 Å². The van der Waals surface area contributed by atoms with Gasteiger partial charge in [-0.2, -0.15) is 13.2 Å². The molecular formula is C15H27F3N4O2. The molecule has 9 heteroatoms. The second-order valence-corrected chi connectivity index (χ2v) is 5.89. The minimum atomic E-state index is -4.40. The molecule has 24 heavy (non-hydrogen) atoms. The maximum Gasteiger partial charge on any atom is 0.405 e. The lowest BCUT2D eigenvalue weighted by Gasteiger charge is -2.37. The number of rotatable bonds is 7. The summed E-state index contributed by atoms with van der Waals surface area (Å²) < 4.78 is 36.4. The molecule has 6 nitrogen and oxygen atoms in total. The molecule has 2 amide bonds. The first-order valence-electron chi connectivity index (χ1n) is 8.26. The predicted molar refractivity (Wildman–Crippen MR) is 84.5 cm³/mol. The Morgan fingerprint density at radius 2 is 1.67 bits per heavy atom. The molecule has 0 radical (unpaired) electrons. The van der Waals surface area contributed by atoms with Crippen LogP contribution in [0.4, 0.5) is 13.2 Å². The molecule has 0 aromatic rings. The Balaban J connectivity index is 2.39. The number of nitrogens with one attached hydrogen (secondary N) is 1. The summed E-state index contributed by atoms with van der Waals surface area (Å²) in [6, 6.07) is -0.618. The Bertz CT molecular complexity index is 419. The number of hydrogen-bond donors (Lipinski definition) is 1. The van der Waals surface area contributed by atoms with E-state index in [0.717, 1.165) is 0 Å². The van der Waals surface area contributed by atoms with E-state index in [9.17, 15) is 22.8 Å². The summed E-state index contributed by atoms with van der Waals surface area (Å²) in [5.74, 6) is -0.551. The molecule has 0 bridgehead atoms. The molecule has 140 valence electrons. The molecule has 0 aromatic heterocycles. The van der Waals surface area contributed by atoms with E-state index in [0.29, 0.717) is 45.8 Å². The van der Waals surface area contributed by atoms with E-state index in [-0.39, 0.29) is 5.91 Å². The first-order chi connectivity index (χ1) is 11.2. The van der Waals surface area contributed by atoms with E-state index in [1.54, 1.807) is 11.8 Å². The quantitative estimate of drug-likeness (QED) is 0.727. The molecule has 0 aliphatic carbocycles. The lowest BCUT2D eigenvalue weighted by molar-refractivity contribution is -0.141. The highest BCUT2D eigenvalue weighted by Crippen LogP contribution is 2.13. The van der Waals surface area contributed by atoms with Crippen LogP contribution >= 0.6 is 0 Å². The van der Waals surface area contributed by atoms with Crippen LogP contribution < -0.4 is 5.32 Å². The summed E-state index contributed by atoms with van der Waals surface area (Å²) in [7, 11) is 0. The maximum atomic E-state index is 12.1. The molecule has 1 fully saturated rings. The largest absolute Gasteiger partial charge is 0.405 e. The molecular weight excluding hydrogens is 325 g/mol. The van der Waals surface area contributed by atoms with Gasteiger partial charge in [-0.3, -0.25) is 19.4 Å². The van der Waals surface area contributed by atoms with Gasteiger partial charge in [-0.15, -0.1) is 0 Å². The van der Waals surface area contributed by atoms with Crippen LogP contribution in [0, 0.1) is 0 Å². The van der Waals surface area contributed by atoms with Gasteiger partial charge in [-0.1, -0.05) is 0 Å². The van der Waals surface area contributed by atoms with Gasteiger partial charge in [0.05, 0.1) is 12.6 Å². The SMILES string of the molecule is CCN(CC)C(=O)CN1CCN(C(C)C(=O)NCC(F)(F)F)CC1. The monoisotopic (exact) mass is 352 g/mol. The molecule has 0 saturated carbocycles. The van der Waals surface area contributed by atoms with Gasteiger partial charge in [-0.25, -0.2) is 0 Å². The second kappa shape index (κ2) is 9.22. The summed E-state index contributed by atoms with van der Waals surface area (Å²) >= 11 is 0. The van der Waals surface area contributed by atoms with Crippen molar-refractivity contribution in [1.29, 1.82) is 0 Å². The third-order valence-electron chi connectivity index (χ3n) is 4.27. The van der Waals surface area contributed by atoms with Crippen LogP contribution in [0.2, 0.25) is 0 Å². The lowest BCUT2D eigenvalue weighted by atomic mass is 10.2. The first kappa shape index (κ1) is 20.7. The maximum absolute atomic E-state index is 12.1. The summed E-state index contributed by atoms with van der Waals surface area (Å²) in [5, 5.41) is 1.91. The number of carbonyl (C=O) groups is 2. The van der Waals surface area contributed by atoms with Crippen molar-refractivity contribution in [2.45, 2.75) is 33.0 Å². The number of halogens is 3. The van der Waals surface area contributed by atoms with Crippen molar-refractivity contribution in [3.05, 3.63) is 0 Å². The normalized spacial score (nSPS) is 18.2.